The van der Waals surface area contributed by atoms with Crippen LogP contribution in [-0.2, 0) is 0 Å². The second-order valence-corrected chi connectivity index (χ2v) is 7.14. The number of likely N-dealkylation sites (tertiary alicyclic amines) is 1. The summed E-state index contributed by atoms with van der Waals surface area (Å²) in [6.45, 7) is 5.43. The number of hydrogen-bond acceptors (Lipinski definition) is 5. The summed E-state index contributed by atoms with van der Waals surface area (Å²) in [7, 11) is 0. The molecule has 1 fully saturated rings. The number of pyridine rings is 1. The lowest BCUT2D eigenvalue weighted by Gasteiger charge is -2.30. The lowest BCUT2D eigenvalue weighted by atomic mass is 9.96. The number of carbonyl (C=O) groups excluding carboxylic acids is 1. The van der Waals surface area contributed by atoms with E-state index in [0.717, 1.165) is 35.1 Å². The van der Waals surface area contributed by atoms with Gasteiger partial charge < -0.3 is 9.42 Å². The Labute approximate surface area is 158 Å². The Hall–Kier alpha value is -3.02. The molecule has 0 unspecified atom stereocenters. The molecule has 3 heterocycles. The number of nitrogens with zero attached hydrogens (tertiary/aromatic N) is 4. The van der Waals surface area contributed by atoms with E-state index in [-0.39, 0.29) is 11.8 Å². The summed E-state index contributed by atoms with van der Waals surface area (Å²) >= 11 is 0. The number of hydrogen-bond donors (Lipinski definition) is 0. The van der Waals surface area contributed by atoms with Crippen molar-refractivity contribution in [2.45, 2.75) is 32.6 Å². The zero-order valence-electron chi connectivity index (χ0n) is 15.6. The van der Waals surface area contributed by atoms with Crippen LogP contribution in [0, 0.1) is 13.8 Å². The Morgan fingerprint density at radius 1 is 1.15 bits per heavy atom. The van der Waals surface area contributed by atoms with Crippen molar-refractivity contribution in [1.82, 2.24) is 20.0 Å². The molecule has 1 aromatic carbocycles. The zero-order valence-corrected chi connectivity index (χ0v) is 15.6. The summed E-state index contributed by atoms with van der Waals surface area (Å²) in [4.78, 5) is 23.3. The first kappa shape index (κ1) is 17.4. The van der Waals surface area contributed by atoms with Crippen LogP contribution in [0.4, 0.5) is 0 Å². The van der Waals surface area contributed by atoms with Gasteiger partial charge in [0.25, 0.3) is 5.91 Å². The summed E-state index contributed by atoms with van der Waals surface area (Å²) in [5.41, 5.74) is 3.83. The van der Waals surface area contributed by atoms with E-state index in [9.17, 15) is 4.79 Å². The minimum absolute atomic E-state index is 0.0989. The molecule has 0 bridgehead atoms. The highest BCUT2D eigenvalue weighted by Gasteiger charge is 2.28. The Bertz CT molecular complexity index is 924. The molecule has 0 radical (unpaired) electrons. The van der Waals surface area contributed by atoms with Gasteiger partial charge in [-0.2, -0.15) is 4.98 Å². The van der Waals surface area contributed by atoms with Crippen LogP contribution >= 0.6 is 0 Å². The van der Waals surface area contributed by atoms with Gasteiger partial charge in [-0.15, -0.1) is 0 Å². The van der Waals surface area contributed by atoms with Crippen LogP contribution in [-0.4, -0.2) is 39.0 Å². The molecule has 6 heteroatoms. The Kier molecular flexibility index (Phi) is 4.71. The molecule has 2 aromatic heterocycles. The third kappa shape index (κ3) is 3.74. The van der Waals surface area contributed by atoms with Crippen molar-refractivity contribution < 1.29 is 9.32 Å². The van der Waals surface area contributed by atoms with Crippen LogP contribution in [0.3, 0.4) is 0 Å². The van der Waals surface area contributed by atoms with Gasteiger partial charge in [0, 0.05) is 42.5 Å². The van der Waals surface area contributed by atoms with E-state index in [2.05, 4.69) is 21.2 Å². The SMILES string of the molecule is Cc1cc(C)cc(C(=O)N2CCC(c3nc(-c4cccnc4)no3)CC2)c1. The first-order valence-corrected chi connectivity index (χ1v) is 9.22. The largest absolute Gasteiger partial charge is 0.339 e. The standard InChI is InChI=1S/C21H22N4O2/c1-14-10-15(2)12-18(11-14)21(26)25-8-5-16(6-9-25)20-23-19(24-27-20)17-4-3-7-22-13-17/h3-4,7,10-13,16H,5-6,8-9H2,1-2H3. The highest BCUT2D eigenvalue weighted by Crippen LogP contribution is 2.29. The van der Waals surface area contributed by atoms with E-state index in [1.54, 1.807) is 12.4 Å². The van der Waals surface area contributed by atoms with Gasteiger partial charge in [-0.25, -0.2) is 0 Å². The molecule has 27 heavy (non-hydrogen) atoms. The number of benzene rings is 1. The van der Waals surface area contributed by atoms with Gasteiger partial charge in [-0.1, -0.05) is 22.3 Å². The smallest absolute Gasteiger partial charge is 0.253 e. The molecule has 6 nitrogen and oxygen atoms in total. The van der Waals surface area contributed by atoms with Crippen LogP contribution in [0.1, 0.15) is 46.1 Å². The van der Waals surface area contributed by atoms with E-state index in [0.29, 0.717) is 24.8 Å². The maximum Gasteiger partial charge on any atom is 0.253 e. The number of carbonyl (C=O) groups is 1. The van der Waals surface area contributed by atoms with Gasteiger partial charge in [0.05, 0.1) is 0 Å². The molecule has 0 atom stereocenters. The van der Waals surface area contributed by atoms with Crippen molar-refractivity contribution >= 4 is 5.91 Å². The van der Waals surface area contributed by atoms with Gasteiger partial charge >= 0.3 is 0 Å². The van der Waals surface area contributed by atoms with E-state index in [1.165, 1.54) is 0 Å². The molecular formula is C21H22N4O2. The fourth-order valence-corrected chi connectivity index (χ4v) is 3.62. The van der Waals surface area contributed by atoms with E-state index in [4.69, 9.17) is 4.52 Å². The first-order valence-electron chi connectivity index (χ1n) is 9.22. The maximum absolute atomic E-state index is 12.8. The van der Waals surface area contributed by atoms with E-state index >= 15 is 0 Å². The third-order valence-corrected chi connectivity index (χ3v) is 4.96. The molecule has 1 aliphatic heterocycles. The Morgan fingerprint density at radius 3 is 2.56 bits per heavy atom. The average Bonchev–Trinajstić information content (AvgIpc) is 3.18. The number of aromatic nitrogens is 3. The van der Waals surface area contributed by atoms with Crippen molar-refractivity contribution in [1.29, 1.82) is 0 Å². The molecule has 0 spiro atoms. The van der Waals surface area contributed by atoms with Gasteiger partial charge in [-0.05, 0) is 51.0 Å². The molecule has 1 aliphatic rings. The third-order valence-electron chi connectivity index (χ3n) is 4.96. The zero-order chi connectivity index (χ0) is 18.8. The Morgan fingerprint density at radius 2 is 1.89 bits per heavy atom. The normalized spacial score (nSPS) is 15.1. The fraction of sp³-hybridized carbons (Fsp3) is 0.333. The number of amides is 1. The summed E-state index contributed by atoms with van der Waals surface area (Å²) < 4.78 is 5.48. The molecular weight excluding hydrogens is 340 g/mol. The monoisotopic (exact) mass is 362 g/mol. The lowest BCUT2D eigenvalue weighted by molar-refractivity contribution is 0.0704. The molecule has 0 N–H and O–H groups in total. The van der Waals surface area contributed by atoms with Crippen LogP contribution in [0.2, 0.25) is 0 Å². The van der Waals surface area contributed by atoms with Crippen LogP contribution in [0.5, 0.6) is 0 Å². The summed E-state index contributed by atoms with van der Waals surface area (Å²) in [6.07, 6.45) is 5.09. The number of piperidine rings is 1. The molecule has 1 amide bonds. The van der Waals surface area contributed by atoms with E-state index < -0.39 is 0 Å². The first-order chi connectivity index (χ1) is 13.1. The predicted octanol–water partition coefficient (Wildman–Crippen LogP) is 3.77. The topological polar surface area (TPSA) is 72.1 Å². The summed E-state index contributed by atoms with van der Waals surface area (Å²) in [5, 5.41) is 4.08. The van der Waals surface area contributed by atoms with Gasteiger partial charge in [-0.3, -0.25) is 9.78 Å². The second-order valence-electron chi connectivity index (χ2n) is 7.14. The van der Waals surface area contributed by atoms with Crippen molar-refractivity contribution in [2.75, 3.05) is 13.1 Å². The number of rotatable bonds is 3. The highest BCUT2D eigenvalue weighted by atomic mass is 16.5. The fourth-order valence-electron chi connectivity index (χ4n) is 3.62. The van der Waals surface area contributed by atoms with Crippen molar-refractivity contribution in [3.8, 4) is 11.4 Å². The number of aryl methyl sites for hydroxylation is 2. The minimum Gasteiger partial charge on any atom is -0.339 e. The molecule has 3 aromatic rings. The van der Waals surface area contributed by atoms with Crippen molar-refractivity contribution in [3.63, 3.8) is 0 Å². The maximum atomic E-state index is 12.8. The van der Waals surface area contributed by atoms with Crippen molar-refractivity contribution in [3.05, 3.63) is 65.3 Å². The summed E-state index contributed by atoms with van der Waals surface area (Å²) in [6, 6.07) is 9.76. The van der Waals surface area contributed by atoms with Gasteiger partial charge in [0.1, 0.15) is 0 Å². The van der Waals surface area contributed by atoms with Gasteiger partial charge in [0.2, 0.25) is 11.7 Å². The molecule has 1 saturated heterocycles. The molecule has 138 valence electrons. The van der Waals surface area contributed by atoms with Gasteiger partial charge in [0.15, 0.2) is 0 Å². The van der Waals surface area contributed by atoms with Crippen molar-refractivity contribution in [2.24, 2.45) is 0 Å². The van der Waals surface area contributed by atoms with Crippen LogP contribution < -0.4 is 0 Å². The molecule has 0 saturated carbocycles. The van der Waals surface area contributed by atoms with Crippen LogP contribution in [0.15, 0.2) is 47.2 Å². The van der Waals surface area contributed by atoms with E-state index in [1.807, 2.05) is 43.0 Å². The lowest BCUT2D eigenvalue weighted by Crippen LogP contribution is -2.38. The highest BCUT2D eigenvalue weighted by molar-refractivity contribution is 5.94. The quantitative estimate of drug-likeness (QED) is 0.709. The Balaban J connectivity index is 1.42. The predicted molar refractivity (Wildman–Crippen MR) is 101 cm³/mol. The molecule has 0 aliphatic carbocycles. The second kappa shape index (κ2) is 7.31. The van der Waals surface area contributed by atoms with Crippen LogP contribution in [0.25, 0.3) is 11.4 Å². The molecule has 4 rings (SSSR count). The minimum atomic E-state index is 0.0989. The average molecular weight is 362 g/mol. The summed E-state index contributed by atoms with van der Waals surface area (Å²) in [5.74, 6) is 1.49.